The Labute approximate surface area is 108 Å². The molecule has 0 radical (unpaired) electrons. The van der Waals surface area contributed by atoms with E-state index in [1.807, 2.05) is 4.68 Å². The monoisotopic (exact) mass is 253 g/mol. The van der Waals surface area contributed by atoms with Crippen LogP contribution < -0.4 is 5.32 Å². The summed E-state index contributed by atoms with van der Waals surface area (Å²) in [6.07, 6.45) is 2.27. The maximum atomic E-state index is 5.38. The van der Waals surface area contributed by atoms with E-state index in [0.29, 0.717) is 11.8 Å². The highest BCUT2D eigenvalue weighted by molar-refractivity contribution is 4.80. The molecule has 18 heavy (non-hydrogen) atoms. The van der Waals surface area contributed by atoms with Gasteiger partial charge in [0.15, 0.2) is 5.82 Å². The number of aryl methyl sites for hydroxylation is 1. The number of nitrogens with one attached hydrogen (secondary N) is 1. The molecule has 6 nitrogen and oxygen atoms in total. The number of nitrogens with zero attached hydrogens (tertiary/aromatic N) is 4. The average molecular weight is 253 g/mol. The molecule has 1 saturated heterocycles. The van der Waals surface area contributed by atoms with Crippen LogP contribution in [-0.2, 0) is 17.8 Å². The van der Waals surface area contributed by atoms with Gasteiger partial charge < -0.3 is 10.1 Å². The minimum Gasteiger partial charge on any atom is -0.381 e. The highest BCUT2D eigenvalue weighted by Gasteiger charge is 2.16. The van der Waals surface area contributed by atoms with Crippen molar-refractivity contribution in [3.8, 4) is 0 Å². The molecule has 2 rings (SSSR count). The molecule has 0 aromatic carbocycles. The van der Waals surface area contributed by atoms with Crippen molar-refractivity contribution in [3.05, 3.63) is 5.82 Å². The summed E-state index contributed by atoms with van der Waals surface area (Å²) in [5, 5.41) is 15.2. The van der Waals surface area contributed by atoms with E-state index < -0.39 is 0 Å². The highest BCUT2D eigenvalue weighted by atomic mass is 16.5. The first kappa shape index (κ1) is 13.4. The van der Waals surface area contributed by atoms with Gasteiger partial charge in [-0.1, -0.05) is 13.8 Å². The van der Waals surface area contributed by atoms with Crippen molar-refractivity contribution in [2.75, 3.05) is 19.8 Å². The van der Waals surface area contributed by atoms with Crippen LogP contribution in [0.2, 0.25) is 0 Å². The molecule has 1 aliphatic rings. The molecule has 1 aromatic heterocycles. The van der Waals surface area contributed by atoms with E-state index in [1.165, 1.54) is 6.42 Å². The minimum atomic E-state index is 0.643. The smallest absolute Gasteiger partial charge is 0.165 e. The Morgan fingerprint density at radius 3 is 3.11 bits per heavy atom. The molecular formula is C12H23N5O. The first-order valence-corrected chi connectivity index (χ1v) is 6.79. The molecule has 0 amide bonds. The predicted octanol–water partition coefficient (Wildman–Crippen LogP) is 0.845. The Hall–Kier alpha value is -1.01. The van der Waals surface area contributed by atoms with Gasteiger partial charge in [-0.3, -0.25) is 0 Å². The molecule has 0 spiro atoms. The first-order chi connectivity index (χ1) is 8.75. The van der Waals surface area contributed by atoms with Gasteiger partial charge in [-0.2, -0.15) is 0 Å². The number of rotatable bonds is 7. The van der Waals surface area contributed by atoms with Crippen LogP contribution in [0.4, 0.5) is 0 Å². The van der Waals surface area contributed by atoms with E-state index >= 15 is 0 Å². The topological polar surface area (TPSA) is 64.9 Å². The first-order valence-electron chi connectivity index (χ1n) is 6.79. The molecule has 0 saturated carbocycles. The van der Waals surface area contributed by atoms with E-state index in [4.69, 9.17) is 4.74 Å². The Morgan fingerprint density at radius 2 is 2.39 bits per heavy atom. The molecule has 1 fully saturated rings. The van der Waals surface area contributed by atoms with Gasteiger partial charge in [0.1, 0.15) is 0 Å². The van der Waals surface area contributed by atoms with E-state index in [1.54, 1.807) is 0 Å². The van der Waals surface area contributed by atoms with Crippen LogP contribution in [0.1, 0.15) is 32.5 Å². The zero-order valence-corrected chi connectivity index (χ0v) is 11.3. The number of hydrogen-bond acceptors (Lipinski definition) is 5. The van der Waals surface area contributed by atoms with E-state index in [2.05, 4.69) is 34.7 Å². The Balaban J connectivity index is 1.75. The normalized spacial score (nSPS) is 19.8. The number of aromatic nitrogens is 4. The molecule has 1 unspecified atom stereocenters. The minimum absolute atomic E-state index is 0.643. The zero-order valence-electron chi connectivity index (χ0n) is 11.3. The fraction of sp³-hybridized carbons (Fsp3) is 0.917. The Bertz CT molecular complexity index is 346. The quantitative estimate of drug-likeness (QED) is 0.780. The fourth-order valence-electron chi connectivity index (χ4n) is 2.11. The lowest BCUT2D eigenvalue weighted by Gasteiger charge is -2.09. The lowest BCUT2D eigenvalue weighted by atomic mass is 10.1. The standard InChI is InChI=1S/C12H23N5O/c1-10(2)7-13-8-12-14-15-16-17(12)5-3-11-4-6-18-9-11/h10-11,13H,3-9H2,1-2H3. The van der Waals surface area contributed by atoms with Gasteiger partial charge in [0.2, 0.25) is 0 Å². The lowest BCUT2D eigenvalue weighted by Crippen LogP contribution is -2.22. The van der Waals surface area contributed by atoms with E-state index in [-0.39, 0.29) is 0 Å². The van der Waals surface area contributed by atoms with Crippen molar-refractivity contribution in [2.24, 2.45) is 11.8 Å². The molecule has 102 valence electrons. The van der Waals surface area contributed by atoms with Crippen LogP contribution in [0.3, 0.4) is 0 Å². The molecule has 0 aliphatic carbocycles. The van der Waals surface area contributed by atoms with E-state index in [9.17, 15) is 0 Å². The molecular weight excluding hydrogens is 230 g/mol. The van der Waals surface area contributed by atoms with Gasteiger partial charge in [-0.25, -0.2) is 4.68 Å². The number of ether oxygens (including phenoxy) is 1. The second-order valence-electron chi connectivity index (χ2n) is 5.36. The van der Waals surface area contributed by atoms with Crippen LogP contribution in [-0.4, -0.2) is 40.0 Å². The molecule has 1 aliphatic heterocycles. The summed E-state index contributed by atoms with van der Waals surface area (Å²) >= 11 is 0. The third-order valence-electron chi connectivity index (χ3n) is 3.21. The van der Waals surface area contributed by atoms with Gasteiger partial charge in [0.05, 0.1) is 6.54 Å². The summed E-state index contributed by atoms with van der Waals surface area (Å²) in [5.41, 5.74) is 0. The Kier molecular flexibility index (Phi) is 5.07. The number of tetrazole rings is 1. The van der Waals surface area contributed by atoms with Crippen molar-refractivity contribution < 1.29 is 4.74 Å². The van der Waals surface area contributed by atoms with Crippen LogP contribution in [0.25, 0.3) is 0 Å². The maximum Gasteiger partial charge on any atom is 0.165 e. The maximum absolute atomic E-state index is 5.38. The molecule has 0 bridgehead atoms. The van der Waals surface area contributed by atoms with Gasteiger partial charge >= 0.3 is 0 Å². The van der Waals surface area contributed by atoms with Crippen molar-refractivity contribution in [3.63, 3.8) is 0 Å². The Morgan fingerprint density at radius 1 is 1.50 bits per heavy atom. The average Bonchev–Trinajstić information content (AvgIpc) is 2.96. The number of hydrogen-bond donors (Lipinski definition) is 1. The molecule has 2 heterocycles. The second kappa shape index (κ2) is 6.80. The van der Waals surface area contributed by atoms with Gasteiger partial charge in [-0.05, 0) is 41.6 Å². The summed E-state index contributed by atoms with van der Waals surface area (Å²) in [6.45, 7) is 8.80. The largest absolute Gasteiger partial charge is 0.381 e. The SMILES string of the molecule is CC(C)CNCc1nnnn1CCC1CCOC1. The summed E-state index contributed by atoms with van der Waals surface area (Å²) in [6, 6.07) is 0. The van der Waals surface area contributed by atoms with Crippen LogP contribution in [0, 0.1) is 11.8 Å². The molecule has 1 atom stereocenters. The van der Waals surface area contributed by atoms with Crippen molar-refractivity contribution in [1.29, 1.82) is 0 Å². The van der Waals surface area contributed by atoms with Crippen LogP contribution in [0.5, 0.6) is 0 Å². The fourth-order valence-corrected chi connectivity index (χ4v) is 2.11. The summed E-state index contributed by atoms with van der Waals surface area (Å²) in [5.74, 6) is 2.24. The summed E-state index contributed by atoms with van der Waals surface area (Å²) < 4.78 is 7.28. The van der Waals surface area contributed by atoms with Gasteiger partial charge in [0.25, 0.3) is 0 Å². The highest BCUT2D eigenvalue weighted by Crippen LogP contribution is 2.16. The van der Waals surface area contributed by atoms with Crippen molar-refractivity contribution in [2.45, 2.75) is 39.8 Å². The van der Waals surface area contributed by atoms with E-state index in [0.717, 1.165) is 45.1 Å². The third-order valence-corrected chi connectivity index (χ3v) is 3.21. The van der Waals surface area contributed by atoms with Crippen LogP contribution >= 0.6 is 0 Å². The van der Waals surface area contributed by atoms with Crippen molar-refractivity contribution in [1.82, 2.24) is 25.5 Å². The lowest BCUT2D eigenvalue weighted by molar-refractivity contribution is 0.182. The predicted molar refractivity (Wildman–Crippen MR) is 67.9 cm³/mol. The summed E-state index contributed by atoms with van der Waals surface area (Å²) in [4.78, 5) is 0. The molecule has 6 heteroatoms. The summed E-state index contributed by atoms with van der Waals surface area (Å²) in [7, 11) is 0. The van der Waals surface area contributed by atoms with Crippen molar-refractivity contribution >= 4 is 0 Å². The van der Waals surface area contributed by atoms with Crippen LogP contribution in [0.15, 0.2) is 0 Å². The van der Waals surface area contributed by atoms with Gasteiger partial charge in [-0.15, -0.1) is 5.10 Å². The molecule has 1 aromatic rings. The zero-order chi connectivity index (χ0) is 12.8. The van der Waals surface area contributed by atoms with Gasteiger partial charge in [0, 0.05) is 19.8 Å². The third kappa shape index (κ3) is 4.03. The second-order valence-corrected chi connectivity index (χ2v) is 5.36. The molecule has 1 N–H and O–H groups in total.